The van der Waals surface area contributed by atoms with Crippen molar-refractivity contribution >= 4 is 60.5 Å². The van der Waals surface area contributed by atoms with Crippen LogP contribution < -0.4 is 4.74 Å². The molecule has 1 heterocycles. The molecule has 0 atom stereocenters. The van der Waals surface area contributed by atoms with Gasteiger partial charge in [-0.15, -0.1) is 0 Å². The van der Waals surface area contributed by atoms with Crippen molar-refractivity contribution < 1.29 is 18.7 Å². The van der Waals surface area contributed by atoms with Crippen LogP contribution in [0, 0.1) is 17.1 Å². The number of aromatic nitrogens is 2. The number of nitrogens with zero attached hydrogens (tertiary/aromatic N) is 2. The van der Waals surface area contributed by atoms with Crippen molar-refractivity contribution in [2.45, 2.75) is 6.92 Å². The second-order valence-electron chi connectivity index (χ2n) is 5.82. The van der Waals surface area contributed by atoms with Gasteiger partial charge >= 0.3 is 5.97 Å². The van der Waals surface area contributed by atoms with Gasteiger partial charge in [0, 0.05) is 0 Å². The number of hydrogen-bond acceptors (Lipinski definition) is 5. The average Bonchev–Trinajstić information content (AvgIpc) is 3.08. The maximum absolute atomic E-state index is 13.4. The minimum Gasteiger partial charge on any atom is -0.480 e. The highest BCUT2D eigenvalue weighted by Gasteiger charge is 2.13. The van der Waals surface area contributed by atoms with Crippen LogP contribution in [0.1, 0.15) is 18.3 Å². The summed E-state index contributed by atoms with van der Waals surface area (Å²) in [4.78, 5) is 18.8. The van der Waals surface area contributed by atoms with Crippen LogP contribution in [0.15, 0.2) is 39.3 Å². The first-order valence-electron chi connectivity index (χ1n) is 8.46. The fourth-order valence-corrected chi connectivity index (χ4v) is 4.01. The lowest BCUT2D eigenvalue weighted by Gasteiger charge is -2.11. The van der Waals surface area contributed by atoms with Gasteiger partial charge in [0.05, 0.1) is 32.2 Å². The Morgan fingerprint density at radius 2 is 2.03 bits per heavy atom. The summed E-state index contributed by atoms with van der Waals surface area (Å²) >= 11 is 6.81. The number of allylic oxidation sites excluding steroid dienone is 1. The van der Waals surface area contributed by atoms with E-state index < -0.39 is 5.97 Å². The molecule has 3 aromatic rings. The van der Waals surface area contributed by atoms with E-state index >= 15 is 0 Å². The second kappa shape index (κ2) is 9.20. The summed E-state index contributed by atoms with van der Waals surface area (Å²) in [6.07, 6.45) is 1.64. The highest BCUT2D eigenvalue weighted by Crippen LogP contribution is 2.36. The monoisotopic (exact) mass is 521 g/mol. The molecule has 29 heavy (non-hydrogen) atoms. The standard InChI is InChI=1S/C20H14Br2FN3O3/c1-2-28-18(27)10-29-19-14(21)6-11(7-15(19)22)5-12(9-24)20-25-16-4-3-13(23)8-17(16)26-20/h3-8H,2,10H2,1H3,(H,25,26)/b12-5-. The first kappa shape index (κ1) is 21.0. The molecule has 2 aromatic carbocycles. The van der Waals surface area contributed by atoms with E-state index in [2.05, 4.69) is 47.9 Å². The molecule has 0 saturated heterocycles. The fraction of sp³-hybridized carbons (Fsp3) is 0.150. The number of carbonyl (C=O) groups is 1. The Morgan fingerprint density at radius 3 is 2.69 bits per heavy atom. The topological polar surface area (TPSA) is 88.0 Å². The smallest absolute Gasteiger partial charge is 0.344 e. The normalized spacial score (nSPS) is 11.3. The van der Waals surface area contributed by atoms with Crippen molar-refractivity contribution in [3.05, 3.63) is 56.5 Å². The van der Waals surface area contributed by atoms with Crippen molar-refractivity contribution in [1.29, 1.82) is 5.26 Å². The van der Waals surface area contributed by atoms with Crippen LogP contribution in [-0.2, 0) is 9.53 Å². The van der Waals surface area contributed by atoms with Gasteiger partial charge in [-0.05, 0) is 80.8 Å². The van der Waals surface area contributed by atoms with Crippen LogP contribution in [0.2, 0.25) is 0 Å². The van der Waals surface area contributed by atoms with E-state index in [1.807, 2.05) is 0 Å². The Hall–Kier alpha value is -2.70. The Bertz CT molecular complexity index is 1130. The van der Waals surface area contributed by atoms with Gasteiger partial charge in [-0.3, -0.25) is 0 Å². The summed E-state index contributed by atoms with van der Waals surface area (Å²) < 4.78 is 24.9. The summed E-state index contributed by atoms with van der Waals surface area (Å²) in [5.74, 6) is -0.0827. The minimum absolute atomic E-state index is 0.223. The maximum atomic E-state index is 13.4. The predicted octanol–water partition coefficient (Wildman–Crippen LogP) is 5.23. The van der Waals surface area contributed by atoms with E-state index in [0.717, 1.165) is 0 Å². The van der Waals surface area contributed by atoms with E-state index in [9.17, 15) is 14.4 Å². The Kier molecular flexibility index (Phi) is 6.67. The molecule has 0 saturated carbocycles. The zero-order chi connectivity index (χ0) is 21.0. The molecule has 0 amide bonds. The van der Waals surface area contributed by atoms with Gasteiger partial charge in [-0.25, -0.2) is 14.2 Å². The third-order valence-electron chi connectivity index (χ3n) is 3.79. The highest BCUT2D eigenvalue weighted by molar-refractivity contribution is 9.11. The zero-order valence-electron chi connectivity index (χ0n) is 15.1. The average molecular weight is 523 g/mol. The van der Waals surface area contributed by atoms with Crippen LogP contribution in [0.3, 0.4) is 0 Å². The Morgan fingerprint density at radius 1 is 1.31 bits per heavy atom. The molecular weight excluding hydrogens is 509 g/mol. The molecule has 0 bridgehead atoms. The molecular formula is C20H14Br2FN3O3. The van der Waals surface area contributed by atoms with Gasteiger partial charge in [-0.1, -0.05) is 0 Å². The number of ether oxygens (including phenoxy) is 2. The van der Waals surface area contributed by atoms with E-state index in [1.54, 1.807) is 31.2 Å². The number of H-pyrrole nitrogens is 1. The molecule has 9 heteroatoms. The number of nitrogens with one attached hydrogen (secondary N) is 1. The van der Waals surface area contributed by atoms with Crippen LogP contribution in [0.4, 0.5) is 4.39 Å². The van der Waals surface area contributed by atoms with Crippen molar-refractivity contribution in [1.82, 2.24) is 9.97 Å². The lowest BCUT2D eigenvalue weighted by molar-refractivity contribution is -0.145. The SMILES string of the molecule is CCOC(=O)COc1c(Br)cc(/C=C(/C#N)c2nc3ccc(F)cc3[nH]2)cc1Br. The molecule has 0 fully saturated rings. The Labute approximate surface area is 182 Å². The minimum atomic E-state index is -0.469. The van der Waals surface area contributed by atoms with Gasteiger partial charge in [0.15, 0.2) is 6.61 Å². The molecule has 148 valence electrons. The first-order chi connectivity index (χ1) is 13.9. The van der Waals surface area contributed by atoms with Crippen LogP contribution in [-0.4, -0.2) is 29.2 Å². The molecule has 0 aliphatic heterocycles. The molecule has 1 N–H and O–H groups in total. The highest BCUT2D eigenvalue weighted by atomic mass is 79.9. The number of aromatic amines is 1. The van der Waals surface area contributed by atoms with Gasteiger partial charge in [0.25, 0.3) is 0 Å². The fourth-order valence-electron chi connectivity index (χ4n) is 2.56. The third kappa shape index (κ3) is 5.02. The lowest BCUT2D eigenvalue weighted by Crippen LogP contribution is -2.15. The Balaban J connectivity index is 1.89. The molecule has 3 rings (SSSR count). The van der Waals surface area contributed by atoms with Crippen molar-refractivity contribution in [3.8, 4) is 11.8 Å². The quantitative estimate of drug-likeness (QED) is 0.353. The number of hydrogen-bond donors (Lipinski definition) is 1. The molecule has 0 spiro atoms. The van der Waals surface area contributed by atoms with Crippen molar-refractivity contribution in [2.75, 3.05) is 13.2 Å². The predicted molar refractivity (Wildman–Crippen MR) is 114 cm³/mol. The van der Waals surface area contributed by atoms with E-state index in [1.165, 1.54) is 12.1 Å². The van der Waals surface area contributed by atoms with E-state index in [0.29, 0.717) is 37.1 Å². The summed E-state index contributed by atoms with van der Waals surface area (Å²) in [7, 11) is 0. The van der Waals surface area contributed by atoms with Gasteiger partial charge < -0.3 is 14.5 Å². The van der Waals surface area contributed by atoms with Gasteiger partial charge in [0.2, 0.25) is 0 Å². The van der Waals surface area contributed by atoms with Gasteiger partial charge in [-0.2, -0.15) is 5.26 Å². The van der Waals surface area contributed by atoms with Crippen LogP contribution in [0.25, 0.3) is 22.7 Å². The molecule has 0 aliphatic rings. The molecule has 0 aliphatic carbocycles. The third-order valence-corrected chi connectivity index (χ3v) is 4.97. The zero-order valence-corrected chi connectivity index (χ0v) is 18.3. The largest absolute Gasteiger partial charge is 0.480 e. The number of imidazole rings is 1. The summed E-state index contributed by atoms with van der Waals surface area (Å²) in [5.41, 5.74) is 2.04. The van der Waals surface area contributed by atoms with Crippen molar-refractivity contribution in [3.63, 3.8) is 0 Å². The lowest BCUT2D eigenvalue weighted by atomic mass is 10.1. The number of fused-ring (bicyclic) bond motifs is 1. The molecule has 0 radical (unpaired) electrons. The second-order valence-corrected chi connectivity index (χ2v) is 7.53. The van der Waals surface area contributed by atoms with Crippen molar-refractivity contribution in [2.24, 2.45) is 0 Å². The van der Waals surface area contributed by atoms with Gasteiger partial charge in [0.1, 0.15) is 23.5 Å². The van der Waals surface area contributed by atoms with Crippen LogP contribution in [0.5, 0.6) is 5.75 Å². The number of carbonyl (C=O) groups excluding carboxylic acids is 1. The summed E-state index contributed by atoms with van der Waals surface area (Å²) in [6.45, 7) is 1.77. The molecule has 6 nitrogen and oxygen atoms in total. The summed E-state index contributed by atoms with van der Waals surface area (Å²) in [6, 6.07) is 9.76. The van der Waals surface area contributed by atoms with E-state index in [4.69, 9.17) is 9.47 Å². The maximum Gasteiger partial charge on any atom is 0.344 e. The summed E-state index contributed by atoms with van der Waals surface area (Å²) in [5, 5.41) is 9.56. The number of halogens is 3. The number of esters is 1. The number of nitriles is 1. The van der Waals surface area contributed by atoms with E-state index in [-0.39, 0.29) is 24.6 Å². The number of rotatable bonds is 6. The molecule has 0 unspecified atom stereocenters. The number of benzene rings is 2. The van der Waals surface area contributed by atoms with Crippen LogP contribution >= 0.6 is 31.9 Å². The first-order valence-corrected chi connectivity index (χ1v) is 10.0. The molecule has 1 aromatic heterocycles.